The number of rotatable bonds is 8. The number of amides is 2. The van der Waals surface area contributed by atoms with Gasteiger partial charge in [-0.25, -0.2) is 0 Å². The van der Waals surface area contributed by atoms with Crippen molar-refractivity contribution in [2.24, 2.45) is 0 Å². The van der Waals surface area contributed by atoms with Gasteiger partial charge in [-0.1, -0.05) is 6.07 Å². The van der Waals surface area contributed by atoms with Crippen molar-refractivity contribution < 1.29 is 23.5 Å². The first-order chi connectivity index (χ1) is 14.5. The van der Waals surface area contributed by atoms with Crippen molar-refractivity contribution in [2.45, 2.75) is 20.4 Å². The monoisotopic (exact) mass is 409 g/mol. The highest BCUT2D eigenvalue weighted by atomic mass is 16.5. The van der Waals surface area contributed by atoms with Gasteiger partial charge in [0.15, 0.2) is 12.4 Å². The summed E-state index contributed by atoms with van der Waals surface area (Å²) in [5.41, 5.74) is 3.08. The predicted molar refractivity (Wildman–Crippen MR) is 111 cm³/mol. The molecule has 3 aromatic rings. The van der Waals surface area contributed by atoms with Gasteiger partial charge in [0, 0.05) is 29.1 Å². The molecule has 0 saturated carbocycles. The molecule has 0 aliphatic carbocycles. The van der Waals surface area contributed by atoms with Crippen LogP contribution < -0.4 is 20.1 Å². The molecule has 3 rings (SSSR count). The van der Waals surface area contributed by atoms with Crippen molar-refractivity contribution in [1.29, 1.82) is 0 Å². The van der Waals surface area contributed by atoms with Gasteiger partial charge in [-0.3, -0.25) is 14.6 Å². The summed E-state index contributed by atoms with van der Waals surface area (Å²) >= 11 is 0. The van der Waals surface area contributed by atoms with Gasteiger partial charge in [0.05, 0.1) is 25.6 Å². The van der Waals surface area contributed by atoms with Gasteiger partial charge >= 0.3 is 0 Å². The van der Waals surface area contributed by atoms with Crippen molar-refractivity contribution in [3.8, 4) is 11.5 Å². The van der Waals surface area contributed by atoms with E-state index in [1.165, 1.54) is 6.26 Å². The number of carbonyl (C=O) groups excluding carboxylic acids is 2. The molecule has 0 saturated heterocycles. The third-order valence-electron chi connectivity index (χ3n) is 4.41. The molecule has 0 aliphatic rings. The van der Waals surface area contributed by atoms with E-state index in [-0.39, 0.29) is 30.7 Å². The zero-order valence-corrected chi connectivity index (χ0v) is 17.0. The second-order valence-corrected chi connectivity index (χ2v) is 6.57. The lowest BCUT2D eigenvalue weighted by atomic mass is 10.1. The maximum Gasteiger partial charge on any atom is 0.291 e. The topological polar surface area (TPSA) is 103 Å². The minimum absolute atomic E-state index is 0.169. The molecule has 1 aromatic carbocycles. The van der Waals surface area contributed by atoms with Crippen LogP contribution in [0.4, 0.5) is 5.69 Å². The van der Waals surface area contributed by atoms with Crippen LogP contribution in [0, 0.1) is 13.8 Å². The number of carbonyl (C=O) groups is 2. The van der Waals surface area contributed by atoms with Crippen LogP contribution >= 0.6 is 0 Å². The molecule has 2 heterocycles. The molecule has 0 atom stereocenters. The van der Waals surface area contributed by atoms with Crippen LogP contribution in [-0.4, -0.2) is 30.5 Å². The van der Waals surface area contributed by atoms with Crippen LogP contribution in [0.15, 0.2) is 53.3 Å². The largest absolute Gasteiger partial charge is 0.496 e. The Balaban J connectivity index is 1.52. The van der Waals surface area contributed by atoms with Crippen LogP contribution in [-0.2, 0) is 11.3 Å². The molecule has 0 unspecified atom stereocenters. The number of aryl methyl sites for hydroxylation is 1. The third kappa shape index (κ3) is 5.16. The summed E-state index contributed by atoms with van der Waals surface area (Å²) in [5.74, 6) is 0.761. The molecule has 2 amide bonds. The number of anilines is 1. The number of hydrogen-bond acceptors (Lipinski definition) is 6. The summed E-state index contributed by atoms with van der Waals surface area (Å²) in [5, 5.41) is 5.49. The number of nitrogens with zero attached hydrogens (tertiary/aromatic N) is 1. The standard InChI is InChI=1S/C22H23N3O5/c1-14-11-23-18(15(2)21(14)28-3)12-24-20(26)13-30-17-7-4-6-16(10-17)25-22(27)19-8-5-9-29-19/h4-11H,12-13H2,1-3H3,(H,24,26)(H,25,27). The predicted octanol–water partition coefficient (Wildman–Crippen LogP) is 3.25. The number of ether oxygens (including phenoxy) is 2. The van der Waals surface area contributed by atoms with E-state index >= 15 is 0 Å². The smallest absolute Gasteiger partial charge is 0.291 e. The number of benzene rings is 1. The zero-order chi connectivity index (χ0) is 21.5. The summed E-state index contributed by atoms with van der Waals surface area (Å²) in [6, 6.07) is 9.97. The van der Waals surface area contributed by atoms with E-state index < -0.39 is 0 Å². The van der Waals surface area contributed by atoms with E-state index in [1.54, 1.807) is 49.7 Å². The number of methoxy groups -OCH3 is 1. The Morgan fingerprint density at radius 2 is 2.00 bits per heavy atom. The summed E-state index contributed by atoms with van der Waals surface area (Å²) in [7, 11) is 1.61. The Labute approximate surface area is 174 Å². The van der Waals surface area contributed by atoms with Crippen molar-refractivity contribution in [2.75, 3.05) is 19.0 Å². The Morgan fingerprint density at radius 3 is 2.73 bits per heavy atom. The minimum atomic E-state index is -0.369. The lowest BCUT2D eigenvalue weighted by Crippen LogP contribution is -2.29. The normalized spacial score (nSPS) is 10.4. The van der Waals surface area contributed by atoms with Gasteiger partial charge in [0.25, 0.3) is 11.8 Å². The molecule has 0 fully saturated rings. The quantitative estimate of drug-likeness (QED) is 0.592. The summed E-state index contributed by atoms with van der Waals surface area (Å²) < 4.78 is 16.0. The van der Waals surface area contributed by atoms with E-state index in [0.29, 0.717) is 11.4 Å². The fourth-order valence-electron chi connectivity index (χ4n) is 2.90. The average molecular weight is 409 g/mol. The highest BCUT2D eigenvalue weighted by Gasteiger charge is 2.12. The number of aromatic nitrogens is 1. The van der Waals surface area contributed by atoms with Gasteiger partial charge in [0.1, 0.15) is 11.5 Å². The summed E-state index contributed by atoms with van der Waals surface area (Å²) in [6.45, 7) is 3.92. The Hall–Kier alpha value is -3.81. The van der Waals surface area contributed by atoms with E-state index in [2.05, 4.69) is 15.6 Å². The molecule has 0 bridgehead atoms. The Kier molecular flexibility index (Phi) is 6.69. The van der Waals surface area contributed by atoms with Gasteiger partial charge in [-0.2, -0.15) is 0 Å². The first-order valence-electron chi connectivity index (χ1n) is 9.31. The van der Waals surface area contributed by atoms with E-state index in [4.69, 9.17) is 13.9 Å². The molecule has 8 heteroatoms. The van der Waals surface area contributed by atoms with Crippen molar-refractivity contribution in [3.05, 3.63) is 71.4 Å². The second kappa shape index (κ2) is 9.60. The first kappa shape index (κ1) is 20.9. The number of nitrogens with one attached hydrogen (secondary N) is 2. The van der Waals surface area contributed by atoms with Crippen molar-refractivity contribution >= 4 is 17.5 Å². The third-order valence-corrected chi connectivity index (χ3v) is 4.41. The lowest BCUT2D eigenvalue weighted by Gasteiger charge is -2.13. The maximum atomic E-state index is 12.2. The zero-order valence-electron chi connectivity index (χ0n) is 17.0. The lowest BCUT2D eigenvalue weighted by molar-refractivity contribution is -0.123. The van der Waals surface area contributed by atoms with E-state index in [1.807, 2.05) is 13.8 Å². The van der Waals surface area contributed by atoms with Crippen LogP contribution in [0.5, 0.6) is 11.5 Å². The van der Waals surface area contributed by atoms with Gasteiger partial charge < -0.3 is 24.5 Å². The van der Waals surface area contributed by atoms with Crippen LogP contribution in [0.1, 0.15) is 27.4 Å². The summed E-state index contributed by atoms with van der Waals surface area (Å²) in [4.78, 5) is 28.6. The fraction of sp³-hybridized carbons (Fsp3) is 0.227. The van der Waals surface area contributed by atoms with E-state index in [9.17, 15) is 9.59 Å². The van der Waals surface area contributed by atoms with Crippen molar-refractivity contribution in [1.82, 2.24) is 10.3 Å². The average Bonchev–Trinajstić information content (AvgIpc) is 3.27. The summed E-state index contributed by atoms with van der Waals surface area (Å²) in [6.07, 6.45) is 3.14. The molecule has 0 radical (unpaired) electrons. The highest BCUT2D eigenvalue weighted by molar-refractivity contribution is 6.02. The fourth-order valence-corrected chi connectivity index (χ4v) is 2.90. The first-order valence-corrected chi connectivity index (χ1v) is 9.31. The van der Waals surface area contributed by atoms with Crippen molar-refractivity contribution in [3.63, 3.8) is 0 Å². The number of furan rings is 1. The second-order valence-electron chi connectivity index (χ2n) is 6.57. The maximum absolute atomic E-state index is 12.2. The van der Waals surface area contributed by atoms with Gasteiger partial charge in [-0.15, -0.1) is 0 Å². The molecule has 8 nitrogen and oxygen atoms in total. The Bertz CT molecular complexity index is 1030. The molecule has 2 aromatic heterocycles. The van der Waals surface area contributed by atoms with E-state index in [0.717, 1.165) is 22.6 Å². The number of hydrogen-bond donors (Lipinski definition) is 2. The number of pyridine rings is 1. The molecule has 30 heavy (non-hydrogen) atoms. The van der Waals surface area contributed by atoms with Crippen LogP contribution in [0.3, 0.4) is 0 Å². The molecule has 156 valence electrons. The highest BCUT2D eigenvalue weighted by Crippen LogP contribution is 2.23. The SMILES string of the molecule is COc1c(C)cnc(CNC(=O)COc2cccc(NC(=O)c3ccco3)c2)c1C. The molecule has 0 spiro atoms. The molecular weight excluding hydrogens is 386 g/mol. The molecular formula is C22H23N3O5. The van der Waals surface area contributed by atoms with Crippen LogP contribution in [0.25, 0.3) is 0 Å². The van der Waals surface area contributed by atoms with Gasteiger partial charge in [0.2, 0.25) is 0 Å². The molecule has 2 N–H and O–H groups in total. The van der Waals surface area contributed by atoms with Gasteiger partial charge in [-0.05, 0) is 38.1 Å². The Morgan fingerprint density at radius 1 is 1.17 bits per heavy atom. The minimum Gasteiger partial charge on any atom is -0.496 e. The van der Waals surface area contributed by atoms with Crippen LogP contribution in [0.2, 0.25) is 0 Å². The molecule has 0 aliphatic heterocycles.